The number of likely N-dealkylation sites (tertiary alicyclic amines) is 1. The third-order valence-electron chi connectivity index (χ3n) is 5.92. The van der Waals surface area contributed by atoms with E-state index in [9.17, 15) is 9.59 Å². The zero-order valence-electron chi connectivity index (χ0n) is 18.0. The second-order valence-corrected chi connectivity index (χ2v) is 9.74. The lowest BCUT2D eigenvalue weighted by Gasteiger charge is -2.31. The molecule has 3 rings (SSSR count). The smallest absolute Gasteiger partial charge is 0.414 e. The number of halogens is 1. The predicted octanol–water partition coefficient (Wildman–Crippen LogP) is 5.44. The van der Waals surface area contributed by atoms with Gasteiger partial charge in [-0.1, -0.05) is 36.9 Å². The van der Waals surface area contributed by atoms with Crippen molar-refractivity contribution in [3.8, 4) is 0 Å². The van der Waals surface area contributed by atoms with Crippen molar-refractivity contribution >= 4 is 29.3 Å². The summed E-state index contributed by atoms with van der Waals surface area (Å²) in [5, 5.41) is 0.585. The zero-order chi connectivity index (χ0) is 21.2. The standard InChI is InChI=1S/C23H33ClN2O3/c1-23(2,3)29-22(28)25(4)19-11-10-16(20(24)15-19)14-17-12-13-26(21(17)27)18-8-6-5-7-9-18/h10-11,15,17-18H,5-9,12-14H2,1-4H3. The van der Waals surface area contributed by atoms with Crippen LogP contribution in [0, 0.1) is 5.92 Å². The Kier molecular flexibility index (Phi) is 6.77. The molecule has 29 heavy (non-hydrogen) atoms. The fourth-order valence-corrected chi connectivity index (χ4v) is 4.57. The Balaban J connectivity index is 1.63. The van der Waals surface area contributed by atoms with Gasteiger partial charge in [0.05, 0.1) is 0 Å². The molecule has 1 aliphatic heterocycles. The van der Waals surface area contributed by atoms with Crippen LogP contribution in [-0.4, -0.2) is 42.1 Å². The molecule has 2 amide bonds. The fourth-order valence-electron chi connectivity index (χ4n) is 4.32. The van der Waals surface area contributed by atoms with Crippen LogP contribution in [0.4, 0.5) is 10.5 Å². The Morgan fingerprint density at radius 3 is 2.52 bits per heavy atom. The van der Waals surface area contributed by atoms with Crippen LogP contribution in [0.3, 0.4) is 0 Å². The molecule has 1 saturated carbocycles. The Bertz CT molecular complexity index is 753. The number of carbonyl (C=O) groups excluding carboxylic acids is 2. The molecule has 0 bridgehead atoms. The topological polar surface area (TPSA) is 49.9 Å². The molecule has 1 heterocycles. The van der Waals surface area contributed by atoms with Gasteiger partial charge in [0, 0.05) is 36.3 Å². The summed E-state index contributed by atoms with van der Waals surface area (Å²) in [5.41, 5.74) is 1.08. The largest absolute Gasteiger partial charge is 0.443 e. The van der Waals surface area contributed by atoms with Crippen LogP contribution in [0.5, 0.6) is 0 Å². The van der Waals surface area contributed by atoms with Crippen molar-refractivity contribution in [2.75, 3.05) is 18.5 Å². The first-order chi connectivity index (χ1) is 13.7. The summed E-state index contributed by atoms with van der Waals surface area (Å²) in [6, 6.07) is 6.00. The van der Waals surface area contributed by atoms with E-state index >= 15 is 0 Å². The molecule has 0 spiro atoms. The summed E-state index contributed by atoms with van der Waals surface area (Å²) in [4.78, 5) is 28.8. The Hall–Kier alpha value is -1.75. The van der Waals surface area contributed by atoms with Crippen LogP contribution in [0.2, 0.25) is 5.02 Å². The van der Waals surface area contributed by atoms with Gasteiger partial charge in [0.25, 0.3) is 0 Å². The number of hydrogen-bond acceptors (Lipinski definition) is 3. The van der Waals surface area contributed by atoms with Gasteiger partial charge >= 0.3 is 6.09 Å². The Labute approximate surface area is 179 Å². The molecular weight excluding hydrogens is 388 g/mol. The molecule has 1 atom stereocenters. The maximum Gasteiger partial charge on any atom is 0.414 e. The summed E-state index contributed by atoms with van der Waals surface area (Å²) < 4.78 is 5.41. The first-order valence-electron chi connectivity index (χ1n) is 10.7. The molecule has 160 valence electrons. The molecule has 1 aromatic carbocycles. The van der Waals surface area contributed by atoms with E-state index in [1.165, 1.54) is 24.2 Å². The number of amides is 2. The van der Waals surface area contributed by atoms with Gasteiger partial charge in [0.1, 0.15) is 5.60 Å². The molecular formula is C23H33ClN2O3. The number of anilines is 1. The number of ether oxygens (including phenoxy) is 1. The Morgan fingerprint density at radius 2 is 1.90 bits per heavy atom. The third-order valence-corrected chi connectivity index (χ3v) is 6.28. The molecule has 2 fully saturated rings. The van der Waals surface area contributed by atoms with Gasteiger partial charge in [-0.25, -0.2) is 4.79 Å². The maximum absolute atomic E-state index is 12.9. The average molecular weight is 421 g/mol. The highest BCUT2D eigenvalue weighted by Gasteiger charge is 2.36. The summed E-state index contributed by atoms with van der Waals surface area (Å²) in [5.74, 6) is 0.284. The van der Waals surface area contributed by atoms with Crippen LogP contribution in [-0.2, 0) is 16.0 Å². The van der Waals surface area contributed by atoms with Crippen molar-refractivity contribution in [3.63, 3.8) is 0 Å². The van der Waals surface area contributed by atoms with Crippen molar-refractivity contribution in [2.24, 2.45) is 5.92 Å². The van der Waals surface area contributed by atoms with Gasteiger partial charge in [-0.05, 0) is 64.2 Å². The molecule has 0 radical (unpaired) electrons. The number of rotatable bonds is 4. The minimum absolute atomic E-state index is 0.00358. The highest BCUT2D eigenvalue weighted by Crippen LogP contribution is 2.32. The van der Waals surface area contributed by atoms with Gasteiger partial charge < -0.3 is 9.64 Å². The molecule has 0 N–H and O–H groups in total. The van der Waals surface area contributed by atoms with Crippen molar-refractivity contribution in [3.05, 3.63) is 28.8 Å². The molecule has 1 saturated heterocycles. The SMILES string of the molecule is CN(C(=O)OC(C)(C)C)c1ccc(CC2CCN(C3CCCCC3)C2=O)c(Cl)c1. The molecule has 6 heteroatoms. The van der Waals surface area contributed by atoms with Crippen LogP contribution >= 0.6 is 11.6 Å². The molecule has 1 aromatic rings. The van der Waals surface area contributed by atoms with Crippen LogP contribution in [0.15, 0.2) is 18.2 Å². The second kappa shape index (κ2) is 8.95. The van der Waals surface area contributed by atoms with Crippen LogP contribution in [0.25, 0.3) is 0 Å². The van der Waals surface area contributed by atoms with E-state index < -0.39 is 11.7 Å². The third kappa shape index (κ3) is 5.44. The van der Waals surface area contributed by atoms with Gasteiger partial charge in [-0.2, -0.15) is 0 Å². The minimum atomic E-state index is -0.553. The Morgan fingerprint density at radius 1 is 1.21 bits per heavy atom. The monoisotopic (exact) mass is 420 g/mol. The van der Waals surface area contributed by atoms with Crippen molar-refractivity contribution in [1.29, 1.82) is 0 Å². The second-order valence-electron chi connectivity index (χ2n) is 9.33. The van der Waals surface area contributed by atoms with E-state index in [0.29, 0.717) is 23.2 Å². The normalized spacial score (nSPS) is 20.8. The van der Waals surface area contributed by atoms with Crippen LogP contribution in [0.1, 0.15) is 64.9 Å². The molecule has 2 aliphatic rings. The maximum atomic E-state index is 12.9. The molecule has 0 aromatic heterocycles. The summed E-state index contributed by atoms with van der Waals surface area (Å²) in [7, 11) is 1.67. The fraction of sp³-hybridized carbons (Fsp3) is 0.652. The quantitative estimate of drug-likeness (QED) is 0.652. The van der Waals surface area contributed by atoms with E-state index in [-0.39, 0.29) is 11.8 Å². The molecule has 1 aliphatic carbocycles. The van der Waals surface area contributed by atoms with Gasteiger partial charge in [0.2, 0.25) is 5.91 Å². The van der Waals surface area contributed by atoms with Crippen LogP contribution < -0.4 is 4.90 Å². The lowest BCUT2D eigenvalue weighted by atomic mass is 9.94. The number of benzene rings is 1. The van der Waals surface area contributed by atoms with Gasteiger partial charge in [-0.3, -0.25) is 9.69 Å². The zero-order valence-corrected chi connectivity index (χ0v) is 18.8. The van der Waals surface area contributed by atoms with E-state index in [4.69, 9.17) is 16.3 Å². The van der Waals surface area contributed by atoms with Gasteiger partial charge in [-0.15, -0.1) is 0 Å². The predicted molar refractivity (Wildman–Crippen MR) is 116 cm³/mol. The molecule has 1 unspecified atom stereocenters. The van der Waals surface area contributed by atoms with E-state index in [1.807, 2.05) is 32.9 Å². The van der Waals surface area contributed by atoms with E-state index in [0.717, 1.165) is 31.4 Å². The minimum Gasteiger partial charge on any atom is -0.443 e. The van der Waals surface area contributed by atoms with E-state index in [1.54, 1.807) is 13.1 Å². The highest BCUT2D eigenvalue weighted by atomic mass is 35.5. The van der Waals surface area contributed by atoms with Crippen molar-refractivity contribution in [1.82, 2.24) is 4.90 Å². The lowest BCUT2D eigenvalue weighted by molar-refractivity contribution is -0.133. The summed E-state index contributed by atoms with van der Waals surface area (Å²) in [6.07, 6.45) is 7.17. The van der Waals surface area contributed by atoms with E-state index in [2.05, 4.69) is 4.90 Å². The number of hydrogen-bond donors (Lipinski definition) is 0. The first kappa shape index (κ1) is 21.9. The lowest BCUT2D eigenvalue weighted by Crippen LogP contribution is -2.39. The summed E-state index contributed by atoms with van der Waals surface area (Å²) >= 11 is 6.52. The highest BCUT2D eigenvalue weighted by molar-refractivity contribution is 6.31. The van der Waals surface area contributed by atoms with Crippen molar-refractivity contribution in [2.45, 2.75) is 77.4 Å². The first-order valence-corrected chi connectivity index (χ1v) is 11.1. The molecule has 5 nitrogen and oxygen atoms in total. The average Bonchev–Trinajstić information content (AvgIpc) is 3.02. The number of carbonyl (C=O) groups is 2. The van der Waals surface area contributed by atoms with Crippen molar-refractivity contribution < 1.29 is 14.3 Å². The number of nitrogens with zero attached hydrogens (tertiary/aromatic N) is 2. The van der Waals surface area contributed by atoms with Gasteiger partial charge in [0.15, 0.2) is 0 Å². The summed E-state index contributed by atoms with van der Waals surface area (Å²) in [6.45, 7) is 6.38.